The van der Waals surface area contributed by atoms with Crippen LogP contribution in [0.2, 0.25) is 0 Å². The van der Waals surface area contributed by atoms with Crippen molar-refractivity contribution in [3.05, 3.63) is 42.5 Å². The molecule has 3 rings (SSSR count). The van der Waals surface area contributed by atoms with Gasteiger partial charge in [-0.2, -0.15) is 5.10 Å². The number of morpholine rings is 1. The van der Waals surface area contributed by atoms with Gasteiger partial charge in [-0.3, -0.25) is 4.79 Å². The number of nitrogens with zero attached hydrogens (tertiary/aromatic N) is 3. The molecular weight excluding hydrogens is 270 g/mol. The minimum absolute atomic E-state index is 0.0763. The molecule has 1 aromatic heterocycles. The van der Waals surface area contributed by atoms with Crippen LogP contribution in [0.25, 0.3) is 0 Å². The molecule has 7 heteroatoms. The van der Waals surface area contributed by atoms with E-state index in [1.54, 1.807) is 11.0 Å². The predicted octanol–water partition coefficient (Wildman–Crippen LogP) is 0.253. The Kier molecular flexibility index (Phi) is 4.23. The van der Waals surface area contributed by atoms with Gasteiger partial charge in [-0.05, 0) is 17.7 Å². The maximum Gasteiger partial charge on any atom is 0.243 e. The molecule has 1 aliphatic heterocycles. The van der Waals surface area contributed by atoms with Crippen LogP contribution in [-0.2, 0) is 16.1 Å². The lowest BCUT2D eigenvalue weighted by molar-refractivity contribution is -0.120. The van der Waals surface area contributed by atoms with E-state index in [0.29, 0.717) is 26.3 Å². The van der Waals surface area contributed by atoms with Crippen LogP contribution in [0.3, 0.4) is 0 Å². The average Bonchev–Trinajstić information content (AvgIpc) is 3.01. The van der Waals surface area contributed by atoms with Crippen molar-refractivity contribution in [3.8, 4) is 0 Å². The normalized spacial score (nSPS) is 18.4. The van der Waals surface area contributed by atoms with E-state index in [0.717, 1.165) is 11.3 Å². The van der Waals surface area contributed by atoms with Gasteiger partial charge in [-0.15, -0.1) is 0 Å². The fourth-order valence-electron chi connectivity index (χ4n) is 2.21. The van der Waals surface area contributed by atoms with Gasteiger partial charge in [0.15, 0.2) is 0 Å². The lowest BCUT2D eigenvalue weighted by Crippen LogP contribution is -2.48. The van der Waals surface area contributed by atoms with Gasteiger partial charge >= 0.3 is 0 Å². The molecule has 0 spiro atoms. The summed E-state index contributed by atoms with van der Waals surface area (Å²) in [5.41, 5.74) is 1.82. The van der Waals surface area contributed by atoms with Crippen molar-refractivity contribution >= 4 is 11.6 Å². The second-order valence-corrected chi connectivity index (χ2v) is 4.86. The molecule has 1 unspecified atom stereocenters. The Morgan fingerprint density at radius 3 is 3.24 bits per heavy atom. The predicted molar refractivity (Wildman–Crippen MR) is 76.8 cm³/mol. The first-order valence-corrected chi connectivity index (χ1v) is 6.84. The number of amides is 1. The van der Waals surface area contributed by atoms with E-state index in [4.69, 9.17) is 4.74 Å². The molecule has 1 fully saturated rings. The van der Waals surface area contributed by atoms with Gasteiger partial charge in [0.25, 0.3) is 0 Å². The molecule has 0 radical (unpaired) electrons. The minimum Gasteiger partial charge on any atom is -0.378 e. The molecule has 1 aromatic carbocycles. The van der Waals surface area contributed by atoms with Crippen LogP contribution in [-0.4, -0.2) is 46.5 Å². The van der Waals surface area contributed by atoms with E-state index in [9.17, 15) is 4.79 Å². The number of benzene rings is 1. The number of aromatic nitrogens is 3. The van der Waals surface area contributed by atoms with Crippen LogP contribution in [0, 0.1) is 0 Å². The number of carbonyl (C=O) groups excluding carboxylic acids is 1. The standard InChI is InChI=1S/C14H17N5O2/c20-14(13-8-21-5-4-16-13)18-12-3-1-2-11(6-12)7-19-10-15-9-17-19/h1-3,6,9-10,13,16H,4-5,7-8H2,(H,18,20). The lowest BCUT2D eigenvalue weighted by atomic mass is 10.2. The number of ether oxygens (including phenoxy) is 1. The Morgan fingerprint density at radius 2 is 2.48 bits per heavy atom. The molecule has 110 valence electrons. The Bertz CT molecular complexity index is 593. The fourth-order valence-corrected chi connectivity index (χ4v) is 2.21. The molecule has 2 N–H and O–H groups in total. The second kappa shape index (κ2) is 6.47. The van der Waals surface area contributed by atoms with Crippen molar-refractivity contribution in [1.82, 2.24) is 20.1 Å². The van der Waals surface area contributed by atoms with Crippen molar-refractivity contribution < 1.29 is 9.53 Å². The van der Waals surface area contributed by atoms with Gasteiger partial charge < -0.3 is 15.4 Å². The second-order valence-electron chi connectivity index (χ2n) is 4.86. The Hall–Kier alpha value is -2.25. The van der Waals surface area contributed by atoms with Gasteiger partial charge in [0.1, 0.15) is 18.7 Å². The summed E-state index contributed by atoms with van der Waals surface area (Å²) >= 11 is 0. The van der Waals surface area contributed by atoms with Crippen LogP contribution in [0.5, 0.6) is 0 Å². The Labute approximate surface area is 122 Å². The highest BCUT2D eigenvalue weighted by Crippen LogP contribution is 2.12. The minimum atomic E-state index is -0.294. The molecule has 2 aromatic rings. The monoisotopic (exact) mass is 287 g/mol. The quantitative estimate of drug-likeness (QED) is 0.842. The van der Waals surface area contributed by atoms with Crippen molar-refractivity contribution in [2.24, 2.45) is 0 Å². The third-order valence-corrected chi connectivity index (χ3v) is 3.24. The number of nitrogens with one attached hydrogen (secondary N) is 2. The topological polar surface area (TPSA) is 81.1 Å². The first-order valence-electron chi connectivity index (χ1n) is 6.84. The van der Waals surface area contributed by atoms with Crippen molar-refractivity contribution in [2.75, 3.05) is 25.1 Å². The first kappa shape index (κ1) is 13.7. The zero-order valence-electron chi connectivity index (χ0n) is 11.5. The summed E-state index contributed by atoms with van der Waals surface area (Å²) in [4.78, 5) is 16.0. The van der Waals surface area contributed by atoms with Gasteiger partial charge in [-0.25, -0.2) is 9.67 Å². The van der Waals surface area contributed by atoms with Gasteiger partial charge in [0.2, 0.25) is 5.91 Å². The Morgan fingerprint density at radius 1 is 1.52 bits per heavy atom. The molecule has 0 aliphatic carbocycles. The zero-order chi connectivity index (χ0) is 14.5. The van der Waals surface area contributed by atoms with Crippen LogP contribution in [0.4, 0.5) is 5.69 Å². The Balaban J connectivity index is 1.63. The van der Waals surface area contributed by atoms with E-state index < -0.39 is 0 Å². The summed E-state index contributed by atoms with van der Waals surface area (Å²) in [5, 5.41) is 10.1. The maximum atomic E-state index is 12.1. The van der Waals surface area contributed by atoms with Crippen LogP contribution in [0.1, 0.15) is 5.56 Å². The fraction of sp³-hybridized carbons (Fsp3) is 0.357. The van der Waals surface area contributed by atoms with E-state index in [-0.39, 0.29) is 11.9 Å². The number of hydrogen-bond donors (Lipinski definition) is 2. The van der Waals surface area contributed by atoms with Gasteiger partial charge in [-0.1, -0.05) is 12.1 Å². The summed E-state index contributed by atoms with van der Waals surface area (Å²) in [7, 11) is 0. The van der Waals surface area contributed by atoms with Crippen molar-refractivity contribution in [3.63, 3.8) is 0 Å². The molecule has 2 heterocycles. The highest BCUT2D eigenvalue weighted by Gasteiger charge is 2.21. The maximum absolute atomic E-state index is 12.1. The molecule has 21 heavy (non-hydrogen) atoms. The van der Waals surface area contributed by atoms with Gasteiger partial charge in [0, 0.05) is 12.2 Å². The largest absolute Gasteiger partial charge is 0.378 e. The van der Waals surface area contributed by atoms with Crippen LogP contribution < -0.4 is 10.6 Å². The summed E-state index contributed by atoms with van der Waals surface area (Å²) in [5.74, 6) is -0.0763. The smallest absolute Gasteiger partial charge is 0.243 e. The molecule has 1 atom stereocenters. The summed E-state index contributed by atoms with van der Waals surface area (Å²) in [6.45, 7) is 2.38. The summed E-state index contributed by atoms with van der Waals surface area (Å²) in [6, 6.07) is 7.40. The molecule has 1 amide bonds. The van der Waals surface area contributed by atoms with E-state index in [2.05, 4.69) is 20.7 Å². The van der Waals surface area contributed by atoms with Gasteiger partial charge in [0.05, 0.1) is 19.8 Å². The summed E-state index contributed by atoms with van der Waals surface area (Å²) < 4.78 is 7.03. The highest BCUT2D eigenvalue weighted by atomic mass is 16.5. The van der Waals surface area contributed by atoms with Crippen molar-refractivity contribution in [2.45, 2.75) is 12.6 Å². The highest BCUT2D eigenvalue weighted by molar-refractivity contribution is 5.95. The third-order valence-electron chi connectivity index (χ3n) is 3.24. The number of carbonyl (C=O) groups is 1. The zero-order valence-corrected chi connectivity index (χ0v) is 11.5. The molecule has 0 saturated carbocycles. The third kappa shape index (κ3) is 3.65. The number of hydrogen-bond acceptors (Lipinski definition) is 5. The van der Waals surface area contributed by atoms with E-state index in [1.807, 2.05) is 24.3 Å². The molecule has 0 bridgehead atoms. The van der Waals surface area contributed by atoms with E-state index in [1.165, 1.54) is 6.33 Å². The van der Waals surface area contributed by atoms with Crippen LogP contribution >= 0.6 is 0 Å². The number of rotatable bonds is 4. The van der Waals surface area contributed by atoms with Crippen molar-refractivity contribution in [1.29, 1.82) is 0 Å². The molecule has 1 aliphatic rings. The van der Waals surface area contributed by atoms with Crippen LogP contribution in [0.15, 0.2) is 36.9 Å². The van der Waals surface area contributed by atoms with E-state index >= 15 is 0 Å². The summed E-state index contributed by atoms with van der Waals surface area (Å²) in [6.07, 6.45) is 3.16. The number of anilines is 1. The average molecular weight is 287 g/mol. The first-order chi connectivity index (χ1) is 10.3. The molecule has 7 nitrogen and oxygen atoms in total. The lowest BCUT2D eigenvalue weighted by Gasteiger charge is -2.23. The SMILES string of the molecule is O=C(Nc1cccc(Cn2cncn2)c1)C1COCCN1. The molecular formula is C14H17N5O2. The molecule has 1 saturated heterocycles.